The lowest BCUT2D eigenvalue weighted by molar-refractivity contribution is 0.578. The van der Waals surface area contributed by atoms with Crippen molar-refractivity contribution >= 4 is 38.9 Å². The Morgan fingerprint density at radius 2 is 2.00 bits per heavy atom. The highest BCUT2D eigenvalue weighted by atomic mass is 79.9. The maximum absolute atomic E-state index is 5.87. The maximum Gasteiger partial charge on any atom is 0.0406 e. The first kappa shape index (κ1) is 13.1. The third kappa shape index (κ3) is 3.55. The minimum atomic E-state index is 0.321. The van der Waals surface area contributed by atoms with E-state index in [4.69, 9.17) is 11.6 Å². The van der Waals surface area contributed by atoms with Crippen LogP contribution in [-0.2, 0) is 6.54 Å². The van der Waals surface area contributed by atoms with Crippen LogP contribution in [0.2, 0.25) is 5.02 Å². The average Bonchev–Trinajstić information content (AvgIpc) is 2.73. The molecule has 1 unspecified atom stereocenters. The van der Waals surface area contributed by atoms with E-state index in [1.807, 2.05) is 12.1 Å². The van der Waals surface area contributed by atoms with E-state index in [9.17, 15) is 0 Å². The molecule has 1 atom stereocenters. The standard InChI is InChI=1S/C13H13BrClNS/c1-9(10-2-4-11(15)5-3-10)16-8-13-12(14)6-7-17-13/h2-7,9,16H,8H2,1H3. The molecule has 0 radical (unpaired) electrons. The van der Waals surface area contributed by atoms with Crippen molar-refractivity contribution in [1.29, 1.82) is 0 Å². The molecule has 0 fully saturated rings. The zero-order valence-corrected chi connectivity index (χ0v) is 12.6. The topological polar surface area (TPSA) is 12.0 Å². The first-order valence-corrected chi connectivity index (χ1v) is 7.42. The molecule has 0 bridgehead atoms. The lowest BCUT2D eigenvalue weighted by atomic mass is 10.1. The van der Waals surface area contributed by atoms with Crippen molar-refractivity contribution in [3.63, 3.8) is 0 Å². The van der Waals surface area contributed by atoms with Crippen LogP contribution in [0.15, 0.2) is 40.2 Å². The van der Waals surface area contributed by atoms with Gasteiger partial charge >= 0.3 is 0 Å². The summed E-state index contributed by atoms with van der Waals surface area (Å²) in [5.74, 6) is 0. The molecule has 0 saturated heterocycles. The number of rotatable bonds is 4. The number of hydrogen-bond acceptors (Lipinski definition) is 2. The van der Waals surface area contributed by atoms with Crippen LogP contribution in [-0.4, -0.2) is 0 Å². The van der Waals surface area contributed by atoms with Crippen molar-refractivity contribution in [3.05, 3.63) is 55.6 Å². The van der Waals surface area contributed by atoms with E-state index in [0.717, 1.165) is 11.6 Å². The highest BCUT2D eigenvalue weighted by Gasteiger charge is 2.06. The summed E-state index contributed by atoms with van der Waals surface area (Å²) in [6.45, 7) is 3.03. The van der Waals surface area contributed by atoms with Crippen molar-refractivity contribution < 1.29 is 0 Å². The molecule has 0 aliphatic rings. The summed E-state index contributed by atoms with van der Waals surface area (Å²) < 4.78 is 1.18. The van der Waals surface area contributed by atoms with Gasteiger partial charge in [0.1, 0.15) is 0 Å². The number of halogens is 2. The summed E-state index contributed by atoms with van der Waals surface area (Å²) in [7, 11) is 0. The Labute approximate surface area is 119 Å². The normalized spacial score (nSPS) is 12.6. The lowest BCUT2D eigenvalue weighted by Gasteiger charge is -2.13. The van der Waals surface area contributed by atoms with E-state index < -0.39 is 0 Å². The minimum absolute atomic E-state index is 0.321. The molecular weight excluding hydrogens is 318 g/mol. The summed E-state index contributed by atoms with van der Waals surface area (Å²) in [6, 6.07) is 10.4. The highest BCUT2D eigenvalue weighted by molar-refractivity contribution is 9.10. The second-order valence-corrected chi connectivity index (χ2v) is 6.14. The zero-order valence-electron chi connectivity index (χ0n) is 9.41. The molecule has 1 aromatic heterocycles. The van der Waals surface area contributed by atoms with E-state index in [2.05, 4.69) is 51.7 Å². The predicted octanol–water partition coefficient (Wildman–Crippen LogP) is 5.01. The van der Waals surface area contributed by atoms with Gasteiger partial charge in [0.25, 0.3) is 0 Å². The summed E-state index contributed by atoms with van der Waals surface area (Å²) >= 11 is 11.2. The van der Waals surface area contributed by atoms with E-state index >= 15 is 0 Å². The fourth-order valence-electron chi connectivity index (χ4n) is 1.57. The quantitative estimate of drug-likeness (QED) is 0.830. The number of hydrogen-bond donors (Lipinski definition) is 1. The van der Waals surface area contributed by atoms with Gasteiger partial charge in [0.15, 0.2) is 0 Å². The third-order valence-corrected chi connectivity index (χ3v) is 4.81. The Hall–Kier alpha value is -0.350. The summed E-state index contributed by atoms with van der Waals surface area (Å²) in [5.41, 5.74) is 1.25. The van der Waals surface area contributed by atoms with Crippen LogP contribution in [0.5, 0.6) is 0 Å². The van der Waals surface area contributed by atoms with Gasteiger partial charge in [-0.2, -0.15) is 0 Å². The monoisotopic (exact) mass is 329 g/mol. The molecule has 90 valence electrons. The summed E-state index contributed by atoms with van der Waals surface area (Å²) in [6.07, 6.45) is 0. The molecule has 0 aliphatic heterocycles. The van der Waals surface area contributed by atoms with E-state index in [1.54, 1.807) is 11.3 Å². The molecule has 1 N–H and O–H groups in total. The van der Waals surface area contributed by atoms with Gasteiger partial charge in [-0.05, 0) is 52.0 Å². The Bertz CT molecular complexity index is 480. The van der Waals surface area contributed by atoms with Crippen LogP contribution in [0.4, 0.5) is 0 Å². The van der Waals surface area contributed by atoms with Gasteiger partial charge in [-0.3, -0.25) is 0 Å². The lowest BCUT2D eigenvalue weighted by Crippen LogP contribution is -2.17. The molecule has 0 aliphatic carbocycles. The molecule has 2 rings (SSSR count). The van der Waals surface area contributed by atoms with E-state index in [0.29, 0.717) is 6.04 Å². The SMILES string of the molecule is CC(NCc1sccc1Br)c1ccc(Cl)cc1. The van der Waals surface area contributed by atoms with Crippen molar-refractivity contribution in [2.45, 2.75) is 19.5 Å². The molecule has 17 heavy (non-hydrogen) atoms. The molecule has 0 saturated carbocycles. The van der Waals surface area contributed by atoms with Gasteiger partial charge in [0, 0.05) is 27.0 Å². The van der Waals surface area contributed by atoms with Crippen LogP contribution in [0.3, 0.4) is 0 Å². The van der Waals surface area contributed by atoms with E-state index in [-0.39, 0.29) is 0 Å². The summed E-state index contributed by atoms with van der Waals surface area (Å²) in [5, 5.41) is 6.37. The molecular formula is C13H13BrClNS. The number of benzene rings is 1. The Kier molecular flexibility index (Phi) is 4.62. The van der Waals surface area contributed by atoms with Gasteiger partial charge in [0.05, 0.1) is 0 Å². The number of nitrogens with one attached hydrogen (secondary N) is 1. The zero-order chi connectivity index (χ0) is 12.3. The molecule has 1 heterocycles. The van der Waals surface area contributed by atoms with Gasteiger partial charge in [-0.25, -0.2) is 0 Å². The average molecular weight is 331 g/mol. The fourth-order valence-corrected chi connectivity index (χ4v) is 3.14. The first-order chi connectivity index (χ1) is 8.16. The van der Waals surface area contributed by atoms with Crippen molar-refractivity contribution in [2.24, 2.45) is 0 Å². The van der Waals surface area contributed by atoms with Crippen LogP contribution in [0.1, 0.15) is 23.4 Å². The van der Waals surface area contributed by atoms with Gasteiger partial charge in [-0.1, -0.05) is 23.7 Å². The molecule has 4 heteroatoms. The molecule has 2 aromatic rings. The minimum Gasteiger partial charge on any atom is -0.305 e. The predicted molar refractivity (Wildman–Crippen MR) is 78.7 cm³/mol. The Morgan fingerprint density at radius 1 is 1.29 bits per heavy atom. The number of thiophene rings is 1. The van der Waals surface area contributed by atoms with E-state index in [1.165, 1.54) is 14.9 Å². The molecule has 1 nitrogen and oxygen atoms in total. The largest absolute Gasteiger partial charge is 0.305 e. The maximum atomic E-state index is 5.87. The van der Waals surface area contributed by atoms with Gasteiger partial charge in [-0.15, -0.1) is 11.3 Å². The first-order valence-electron chi connectivity index (χ1n) is 5.37. The van der Waals surface area contributed by atoms with Gasteiger partial charge < -0.3 is 5.32 Å². The smallest absolute Gasteiger partial charge is 0.0406 e. The van der Waals surface area contributed by atoms with Crippen molar-refractivity contribution in [1.82, 2.24) is 5.32 Å². The summed E-state index contributed by atoms with van der Waals surface area (Å²) in [4.78, 5) is 1.32. The second kappa shape index (κ2) is 6.01. The Morgan fingerprint density at radius 3 is 2.59 bits per heavy atom. The van der Waals surface area contributed by atoms with Crippen molar-refractivity contribution in [3.8, 4) is 0 Å². The van der Waals surface area contributed by atoms with Crippen LogP contribution < -0.4 is 5.32 Å². The third-order valence-electron chi connectivity index (χ3n) is 2.63. The Balaban J connectivity index is 1.95. The van der Waals surface area contributed by atoms with Gasteiger partial charge in [0.2, 0.25) is 0 Å². The fraction of sp³-hybridized carbons (Fsp3) is 0.231. The second-order valence-electron chi connectivity index (χ2n) is 3.85. The molecule has 1 aromatic carbocycles. The molecule has 0 amide bonds. The molecule has 0 spiro atoms. The van der Waals surface area contributed by atoms with Crippen LogP contribution >= 0.6 is 38.9 Å². The van der Waals surface area contributed by atoms with Crippen LogP contribution in [0, 0.1) is 0 Å². The van der Waals surface area contributed by atoms with Crippen molar-refractivity contribution in [2.75, 3.05) is 0 Å². The van der Waals surface area contributed by atoms with Crippen LogP contribution in [0.25, 0.3) is 0 Å². The highest BCUT2D eigenvalue weighted by Crippen LogP contribution is 2.23.